The first-order chi connectivity index (χ1) is 5.52. The third-order valence-corrected chi connectivity index (χ3v) is 2.59. The lowest BCUT2D eigenvalue weighted by Gasteiger charge is -2.09. The van der Waals surface area contributed by atoms with E-state index in [1.807, 2.05) is 6.92 Å². The van der Waals surface area contributed by atoms with Crippen LogP contribution in [-0.4, -0.2) is 0 Å². The van der Waals surface area contributed by atoms with Gasteiger partial charge in [-0.05, 0) is 30.5 Å². The van der Waals surface area contributed by atoms with Crippen LogP contribution in [0.1, 0.15) is 18.4 Å². The summed E-state index contributed by atoms with van der Waals surface area (Å²) >= 11 is 17.5. The maximum atomic E-state index is 5.93. The minimum atomic E-state index is 0.0914. The Morgan fingerprint density at radius 1 is 1.25 bits per heavy atom. The number of benzene rings is 1. The second-order valence-corrected chi connectivity index (χ2v) is 3.91. The minimum absolute atomic E-state index is 0.0914. The van der Waals surface area contributed by atoms with Gasteiger partial charge >= 0.3 is 0 Å². The molecule has 3 heteroatoms. The van der Waals surface area contributed by atoms with Crippen molar-refractivity contribution in [1.82, 2.24) is 0 Å². The summed E-state index contributed by atoms with van der Waals surface area (Å²) in [4.78, 5) is 0. The monoisotopic (exact) mass is 221 g/mol. The maximum absolute atomic E-state index is 5.93. The fourth-order valence-electron chi connectivity index (χ4n) is 0.934. The van der Waals surface area contributed by atoms with Crippen molar-refractivity contribution in [3.05, 3.63) is 39.7 Å². The maximum Gasteiger partial charge on any atom is 0.0628 e. The van der Waals surface area contributed by atoms with Crippen molar-refractivity contribution in [3.63, 3.8) is 0 Å². The molecule has 0 fully saturated rings. The number of halogens is 3. The van der Waals surface area contributed by atoms with Crippen molar-refractivity contribution < 1.29 is 0 Å². The SMILES string of the molecule is [CH2]C(C)c1cc(Cl)cc(Cl)c1Cl. The number of hydrogen-bond donors (Lipinski definition) is 0. The highest BCUT2D eigenvalue weighted by atomic mass is 35.5. The third-order valence-electron chi connectivity index (χ3n) is 1.55. The summed E-state index contributed by atoms with van der Waals surface area (Å²) in [6.07, 6.45) is 0. The van der Waals surface area contributed by atoms with E-state index >= 15 is 0 Å². The summed E-state index contributed by atoms with van der Waals surface area (Å²) in [7, 11) is 0. The van der Waals surface area contributed by atoms with Crippen LogP contribution in [0.3, 0.4) is 0 Å². The quantitative estimate of drug-likeness (QED) is 0.610. The van der Waals surface area contributed by atoms with Gasteiger partial charge in [0.05, 0.1) is 10.0 Å². The second-order valence-electron chi connectivity index (χ2n) is 2.69. The van der Waals surface area contributed by atoms with Gasteiger partial charge in [-0.3, -0.25) is 0 Å². The predicted octanol–water partition coefficient (Wildman–Crippen LogP) is 4.58. The Labute approximate surface area is 87.4 Å². The van der Waals surface area contributed by atoms with Gasteiger partial charge in [0.25, 0.3) is 0 Å². The molecule has 1 unspecified atom stereocenters. The topological polar surface area (TPSA) is 0 Å². The minimum Gasteiger partial charge on any atom is -0.0843 e. The molecule has 0 heterocycles. The molecule has 0 spiro atoms. The van der Waals surface area contributed by atoms with Gasteiger partial charge in [-0.15, -0.1) is 0 Å². The van der Waals surface area contributed by atoms with E-state index in [9.17, 15) is 0 Å². The van der Waals surface area contributed by atoms with E-state index in [-0.39, 0.29) is 5.92 Å². The standard InChI is InChI=1S/C9H8Cl3/c1-5(2)7-3-6(10)4-8(11)9(7)12/h3-5H,1H2,2H3. The van der Waals surface area contributed by atoms with E-state index in [4.69, 9.17) is 34.8 Å². The molecule has 65 valence electrons. The summed E-state index contributed by atoms with van der Waals surface area (Å²) in [6.45, 7) is 5.79. The molecule has 1 aromatic carbocycles. The Morgan fingerprint density at radius 2 is 1.83 bits per heavy atom. The Morgan fingerprint density at radius 3 is 2.33 bits per heavy atom. The van der Waals surface area contributed by atoms with Gasteiger partial charge in [0, 0.05) is 5.02 Å². The van der Waals surface area contributed by atoms with Gasteiger partial charge in [0.15, 0.2) is 0 Å². The average molecular weight is 223 g/mol. The van der Waals surface area contributed by atoms with E-state index in [1.165, 1.54) is 0 Å². The molecule has 0 aliphatic carbocycles. The van der Waals surface area contributed by atoms with Crippen molar-refractivity contribution >= 4 is 34.8 Å². The summed E-state index contributed by atoms with van der Waals surface area (Å²) in [5.74, 6) is 0.0914. The molecule has 0 amide bonds. The molecule has 0 aliphatic heterocycles. The molecular weight excluding hydrogens is 214 g/mol. The van der Waals surface area contributed by atoms with Crippen LogP contribution in [0.2, 0.25) is 15.1 Å². The molecule has 0 nitrogen and oxygen atoms in total. The van der Waals surface area contributed by atoms with Crippen LogP contribution in [0.4, 0.5) is 0 Å². The third kappa shape index (κ3) is 2.07. The van der Waals surface area contributed by atoms with Gasteiger partial charge in [-0.25, -0.2) is 0 Å². The van der Waals surface area contributed by atoms with Gasteiger partial charge < -0.3 is 0 Å². The highest BCUT2D eigenvalue weighted by Gasteiger charge is 2.09. The fraction of sp³-hybridized carbons (Fsp3) is 0.222. The molecular formula is C9H8Cl3. The van der Waals surface area contributed by atoms with Crippen LogP contribution in [0.15, 0.2) is 12.1 Å². The first-order valence-corrected chi connectivity index (χ1v) is 4.63. The number of rotatable bonds is 1. The van der Waals surface area contributed by atoms with Crippen molar-refractivity contribution in [2.75, 3.05) is 0 Å². The van der Waals surface area contributed by atoms with E-state index < -0.39 is 0 Å². The molecule has 0 aliphatic rings. The highest BCUT2D eigenvalue weighted by molar-refractivity contribution is 6.43. The van der Waals surface area contributed by atoms with Gasteiger partial charge in [-0.2, -0.15) is 0 Å². The van der Waals surface area contributed by atoms with Gasteiger partial charge in [-0.1, -0.05) is 41.7 Å². The van der Waals surface area contributed by atoms with Crippen molar-refractivity contribution in [1.29, 1.82) is 0 Å². The Bertz CT molecular complexity index is 292. The molecule has 0 N–H and O–H groups in total. The van der Waals surface area contributed by atoms with Crippen molar-refractivity contribution in [2.45, 2.75) is 12.8 Å². The smallest absolute Gasteiger partial charge is 0.0628 e. The fourth-order valence-corrected chi connectivity index (χ4v) is 1.74. The van der Waals surface area contributed by atoms with E-state index in [0.29, 0.717) is 15.1 Å². The summed E-state index contributed by atoms with van der Waals surface area (Å²) in [5, 5.41) is 1.62. The summed E-state index contributed by atoms with van der Waals surface area (Å²) in [5.41, 5.74) is 0.883. The summed E-state index contributed by atoms with van der Waals surface area (Å²) < 4.78 is 0. The lowest BCUT2D eigenvalue weighted by Crippen LogP contribution is -1.89. The summed E-state index contributed by atoms with van der Waals surface area (Å²) in [6, 6.07) is 3.41. The van der Waals surface area contributed by atoms with Crippen LogP contribution >= 0.6 is 34.8 Å². The van der Waals surface area contributed by atoms with Gasteiger partial charge in [0.1, 0.15) is 0 Å². The van der Waals surface area contributed by atoms with Crippen LogP contribution < -0.4 is 0 Å². The first-order valence-electron chi connectivity index (χ1n) is 3.50. The van der Waals surface area contributed by atoms with Crippen molar-refractivity contribution in [2.24, 2.45) is 0 Å². The second kappa shape index (κ2) is 3.87. The zero-order valence-electron chi connectivity index (χ0n) is 6.57. The first kappa shape index (κ1) is 10.2. The van der Waals surface area contributed by atoms with Crippen LogP contribution in [0.5, 0.6) is 0 Å². The molecule has 1 atom stereocenters. The lowest BCUT2D eigenvalue weighted by molar-refractivity contribution is 0.965. The lowest BCUT2D eigenvalue weighted by atomic mass is 10.0. The normalized spacial score (nSPS) is 10.8. The highest BCUT2D eigenvalue weighted by Crippen LogP contribution is 2.33. The van der Waals surface area contributed by atoms with Crippen LogP contribution in [0, 0.1) is 6.92 Å². The largest absolute Gasteiger partial charge is 0.0843 e. The van der Waals surface area contributed by atoms with Gasteiger partial charge in [0.2, 0.25) is 0 Å². The van der Waals surface area contributed by atoms with Crippen molar-refractivity contribution in [3.8, 4) is 0 Å². The Kier molecular flexibility index (Phi) is 3.28. The Hall–Kier alpha value is 0.0900. The Balaban J connectivity index is 3.28. The molecule has 1 rings (SSSR count). The molecule has 0 saturated heterocycles. The molecule has 0 saturated carbocycles. The van der Waals surface area contributed by atoms with Crippen LogP contribution in [0.25, 0.3) is 0 Å². The van der Waals surface area contributed by atoms with E-state index in [0.717, 1.165) is 5.56 Å². The average Bonchev–Trinajstić information content (AvgIpc) is 1.96. The zero-order chi connectivity index (χ0) is 9.30. The zero-order valence-corrected chi connectivity index (χ0v) is 8.84. The molecule has 0 aromatic heterocycles. The molecule has 1 aromatic rings. The molecule has 0 bridgehead atoms. The molecule has 1 radical (unpaired) electrons. The molecule has 12 heavy (non-hydrogen) atoms. The number of hydrogen-bond acceptors (Lipinski definition) is 0. The predicted molar refractivity (Wildman–Crippen MR) is 55.2 cm³/mol. The van der Waals surface area contributed by atoms with Crippen LogP contribution in [-0.2, 0) is 0 Å². The van der Waals surface area contributed by atoms with E-state index in [1.54, 1.807) is 12.1 Å². The van der Waals surface area contributed by atoms with E-state index in [2.05, 4.69) is 6.92 Å².